The number of hydrogen-bond acceptors (Lipinski definition) is 4. The Balaban J connectivity index is 2.28. The highest BCUT2D eigenvalue weighted by Crippen LogP contribution is 2.18. The average molecular weight is 290 g/mol. The molecule has 0 saturated carbocycles. The van der Waals surface area contributed by atoms with Gasteiger partial charge in [-0.3, -0.25) is 9.59 Å². The molecule has 0 aliphatic carbocycles. The van der Waals surface area contributed by atoms with Crippen LogP contribution < -0.4 is 4.74 Å². The Labute approximate surface area is 125 Å². The molecule has 0 spiro atoms. The number of esters is 1. The molecule has 1 aromatic carbocycles. The van der Waals surface area contributed by atoms with Crippen LogP contribution in [-0.4, -0.2) is 25.5 Å². The molecule has 0 aliphatic rings. The van der Waals surface area contributed by atoms with Gasteiger partial charge in [0, 0.05) is 0 Å². The average Bonchev–Trinajstić information content (AvgIpc) is 2.52. The second kappa shape index (κ2) is 9.75. The number of carbonyl (C=O) groups is 2. The van der Waals surface area contributed by atoms with Gasteiger partial charge in [-0.1, -0.05) is 31.2 Å². The van der Waals surface area contributed by atoms with E-state index in [2.05, 4.69) is 0 Å². The number of aldehydes is 1. The minimum Gasteiger partial charge on any atom is -0.490 e. The highest BCUT2D eigenvalue weighted by molar-refractivity contribution is 5.77. The molecule has 1 rings (SSSR count). The molecule has 1 atom stereocenters. The lowest BCUT2D eigenvalue weighted by atomic mass is 9.94. The van der Waals surface area contributed by atoms with Crippen LogP contribution >= 0.6 is 0 Å². The first-order chi connectivity index (χ1) is 10.2. The molecule has 0 heterocycles. The van der Waals surface area contributed by atoms with Gasteiger partial charge in [0.1, 0.15) is 25.2 Å². The molecule has 21 heavy (non-hydrogen) atoms. The van der Waals surface area contributed by atoms with E-state index in [-0.39, 0.29) is 24.9 Å². The van der Waals surface area contributed by atoms with Crippen LogP contribution in [-0.2, 0) is 14.3 Å². The molecule has 0 bridgehead atoms. The molecule has 0 aromatic heterocycles. The highest BCUT2D eigenvalue weighted by Gasteiger charge is 2.16. The Bertz CT molecular complexity index is 465. The van der Waals surface area contributed by atoms with E-state index >= 15 is 0 Å². The summed E-state index contributed by atoms with van der Waals surface area (Å²) in [5.41, 5.74) is 0.648. The van der Waals surface area contributed by atoms with E-state index in [1.165, 1.54) is 0 Å². The summed E-state index contributed by atoms with van der Waals surface area (Å²) in [5.74, 6) is 0.367. The first-order valence-electron chi connectivity index (χ1n) is 7.16. The standard InChI is InChI=1S/C17H22O4/c1-3-14(15(4-2)13-18)12-17(19)21-11-10-20-16-8-6-5-7-9-16/h4-9,13-14H,3,10-12H2,1-2H3/b15-4-/t14-/m0/s1. The molecule has 114 valence electrons. The molecule has 0 saturated heterocycles. The Morgan fingerprint density at radius 2 is 1.95 bits per heavy atom. The number of para-hydroxylation sites is 1. The van der Waals surface area contributed by atoms with Gasteiger partial charge in [-0.05, 0) is 37.0 Å². The van der Waals surface area contributed by atoms with E-state index in [1.54, 1.807) is 13.0 Å². The SMILES string of the molecule is C/C=C(/C=O)[C@@H](CC)CC(=O)OCCOc1ccccc1. The van der Waals surface area contributed by atoms with Crippen LogP contribution in [0.5, 0.6) is 5.75 Å². The Morgan fingerprint density at radius 3 is 2.52 bits per heavy atom. The predicted molar refractivity (Wildman–Crippen MR) is 81.1 cm³/mol. The molecule has 4 nitrogen and oxygen atoms in total. The largest absolute Gasteiger partial charge is 0.490 e. The van der Waals surface area contributed by atoms with Crippen LogP contribution in [0.3, 0.4) is 0 Å². The van der Waals surface area contributed by atoms with Crippen molar-refractivity contribution in [1.82, 2.24) is 0 Å². The first kappa shape index (κ1) is 17.0. The minimum atomic E-state index is -0.306. The summed E-state index contributed by atoms with van der Waals surface area (Å²) >= 11 is 0. The third kappa shape index (κ3) is 6.25. The molecule has 0 aliphatic heterocycles. The van der Waals surface area contributed by atoms with E-state index in [0.717, 1.165) is 18.5 Å². The summed E-state index contributed by atoms with van der Waals surface area (Å²) in [4.78, 5) is 22.6. The highest BCUT2D eigenvalue weighted by atomic mass is 16.6. The zero-order valence-corrected chi connectivity index (χ0v) is 12.6. The van der Waals surface area contributed by atoms with Crippen molar-refractivity contribution in [3.63, 3.8) is 0 Å². The maximum absolute atomic E-state index is 11.7. The predicted octanol–water partition coefficient (Wildman–Crippen LogP) is 3.17. The fourth-order valence-electron chi connectivity index (χ4n) is 1.99. The van der Waals surface area contributed by atoms with Crippen molar-refractivity contribution in [2.45, 2.75) is 26.7 Å². The minimum absolute atomic E-state index is 0.0740. The number of rotatable bonds is 9. The third-order valence-corrected chi connectivity index (χ3v) is 3.21. The summed E-state index contributed by atoms with van der Waals surface area (Å²) in [6, 6.07) is 9.36. The van der Waals surface area contributed by atoms with Crippen molar-refractivity contribution in [1.29, 1.82) is 0 Å². The molecule has 0 fully saturated rings. The van der Waals surface area contributed by atoms with Gasteiger partial charge in [0.15, 0.2) is 0 Å². The number of benzene rings is 1. The summed E-state index contributed by atoms with van der Waals surface area (Å²) < 4.78 is 10.6. The van der Waals surface area contributed by atoms with E-state index in [0.29, 0.717) is 12.2 Å². The van der Waals surface area contributed by atoms with Crippen LogP contribution in [0, 0.1) is 5.92 Å². The summed E-state index contributed by atoms with van der Waals surface area (Å²) in [5, 5.41) is 0. The van der Waals surface area contributed by atoms with Gasteiger partial charge in [0.2, 0.25) is 0 Å². The molecule has 4 heteroatoms. The molecular formula is C17H22O4. The van der Waals surface area contributed by atoms with Crippen molar-refractivity contribution < 1.29 is 19.1 Å². The van der Waals surface area contributed by atoms with Crippen molar-refractivity contribution in [2.24, 2.45) is 5.92 Å². The number of ether oxygens (including phenoxy) is 2. The maximum Gasteiger partial charge on any atom is 0.306 e. The van der Waals surface area contributed by atoms with Crippen LogP contribution in [0.4, 0.5) is 0 Å². The van der Waals surface area contributed by atoms with Crippen LogP contribution in [0.1, 0.15) is 26.7 Å². The normalized spacial score (nSPS) is 12.6. The van der Waals surface area contributed by atoms with Crippen LogP contribution in [0.25, 0.3) is 0 Å². The molecule has 0 N–H and O–H groups in total. The lowest BCUT2D eigenvalue weighted by Crippen LogP contribution is -2.17. The van der Waals surface area contributed by atoms with Gasteiger partial charge in [-0.2, -0.15) is 0 Å². The van der Waals surface area contributed by atoms with Crippen LogP contribution in [0.2, 0.25) is 0 Å². The summed E-state index contributed by atoms with van der Waals surface area (Å²) in [6.45, 7) is 4.27. The second-order valence-electron chi connectivity index (χ2n) is 4.60. The number of allylic oxidation sites excluding steroid dienone is 2. The zero-order valence-electron chi connectivity index (χ0n) is 12.6. The smallest absolute Gasteiger partial charge is 0.306 e. The quantitative estimate of drug-likeness (QED) is 0.303. The van der Waals surface area contributed by atoms with Crippen molar-refractivity contribution in [3.8, 4) is 5.75 Å². The molecular weight excluding hydrogens is 268 g/mol. The van der Waals surface area contributed by atoms with Gasteiger partial charge in [0.05, 0.1) is 6.42 Å². The van der Waals surface area contributed by atoms with Gasteiger partial charge in [-0.25, -0.2) is 0 Å². The molecule has 1 aromatic rings. The van der Waals surface area contributed by atoms with E-state index in [1.807, 2.05) is 37.3 Å². The Hall–Kier alpha value is -2.10. The number of hydrogen-bond donors (Lipinski definition) is 0. The van der Waals surface area contributed by atoms with E-state index in [9.17, 15) is 9.59 Å². The van der Waals surface area contributed by atoms with E-state index in [4.69, 9.17) is 9.47 Å². The summed E-state index contributed by atoms with van der Waals surface area (Å²) in [6.07, 6.45) is 3.50. The first-order valence-corrected chi connectivity index (χ1v) is 7.16. The van der Waals surface area contributed by atoms with Crippen molar-refractivity contribution in [2.75, 3.05) is 13.2 Å². The van der Waals surface area contributed by atoms with Crippen LogP contribution in [0.15, 0.2) is 42.0 Å². The van der Waals surface area contributed by atoms with E-state index < -0.39 is 0 Å². The lowest BCUT2D eigenvalue weighted by molar-refractivity contribution is -0.145. The Morgan fingerprint density at radius 1 is 1.24 bits per heavy atom. The third-order valence-electron chi connectivity index (χ3n) is 3.21. The fourth-order valence-corrected chi connectivity index (χ4v) is 1.99. The zero-order chi connectivity index (χ0) is 15.5. The lowest BCUT2D eigenvalue weighted by Gasteiger charge is -2.14. The monoisotopic (exact) mass is 290 g/mol. The molecule has 0 amide bonds. The fraction of sp³-hybridized carbons (Fsp3) is 0.412. The molecule has 0 unspecified atom stereocenters. The van der Waals surface area contributed by atoms with Gasteiger partial charge >= 0.3 is 5.97 Å². The van der Waals surface area contributed by atoms with Crippen molar-refractivity contribution >= 4 is 12.3 Å². The number of carbonyl (C=O) groups excluding carboxylic acids is 2. The molecule has 0 radical (unpaired) electrons. The topological polar surface area (TPSA) is 52.6 Å². The van der Waals surface area contributed by atoms with Crippen molar-refractivity contribution in [3.05, 3.63) is 42.0 Å². The maximum atomic E-state index is 11.7. The van der Waals surface area contributed by atoms with Gasteiger partial charge in [0.25, 0.3) is 0 Å². The second-order valence-corrected chi connectivity index (χ2v) is 4.60. The Kier molecular flexibility index (Phi) is 7.87. The summed E-state index contributed by atoms with van der Waals surface area (Å²) in [7, 11) is 0. The van der Waals surface area contributed by atoms with Gasteiger partial charge in [-0.15, -0.1) is 0 Å². The van der Waals surface area contributed by atoms with Gasteiger partial charge < -0.3 is 9.47 Å².